The number of rotatable bonds is 13. The van der Waals surface area contributed by atoms with Gasteiger partial charge in [-0.2, -0.15) is 0 Å². The third kappa shape index (κ3) is 7.71. The van der Waals surface area contributed by atoms with Gasteiger partial charge in [0.25, 0.3) is 0 Å². The van der Waals surface area contributed by atoms with Gasteiger partial charge in [-0.1, -0.05) is 71.1 Å². The van der Waals surface area contributed by atoms with E-state index in [1.54, 1.807) is 0 Å². The number of benzene rings is 1. The molecule has 0 fully saturated rings. The van der Waals surface area contributed by atoms with Crippen molar-refractivity contribution in [3.8, 4) is 11.5 Å². The molecule has 0 unspecified atom stereocenters. The Kier molecular flexibility index (Phi) is 9.97. The van der Waals surface area contributed by atoms with E-state index in [0.29, 0.717) is 12.0 Å². The van der Waals surface area contributed by atoms with Crippen LogP contribution < -0.4 is 0 Å². The maximum absolute atomic E-state index is 11.2. The number of carboxylic acid groups (broad SMARTS) is 1. The zero-order valence-corrected chi connectivity index (χ0v) is 14.9. The highest BCUT2D eigenvalue weighted by Crippen LogP contribution is 2.28. The summed E-state index contributed by atoms with van der Waals surface area (Å²) in [5.41, 5.74) is 0.427. The molecule has 0 atom stereocenters. The summed E-state index contributed by atoms with van der Waals surface area (Å²) in [4.78, 5) is 11.2. The molecule has 136 valence electrons. The number of phenolic OH excluding ortho intramolecular Hbond substituents is 1. The van der Waals surface area contributed by atoms with Crippen LogP contribution >= 0.6 is 0 Å². The van der Waals surface area contributed by atoms with Crippen molar-refractivity contribution >= 4 is 5.97 Å². The second-order valence-electron chi connectivity index (χ2n) is 6.59. The number of aromatic carboxylic acids is 1. The first kappa shape index (κ1) is 20.3. The summed E-state index contributed by atoms with van der Waals surface area (Å²) in [5.74, 6) is -1.60. The summed E-state index contributed by atoms with van der Waals surface area (Å²) >= 11 is 0. The summed E-state index contributed by atoms with van der Waals surface area (Å²) < 4.78 is 0. The third-order valence-corrected chi connectivity index (χ3v) is 4.45. The highest BCUT2D eigenvalue weighted by molar-refractivity contribution is 5.92. The average molecular weight is 336 g/mol. The van der Waals surface area contributed by atoms with E-state index in [4.69, 9.17) is 0 Å². The van der Waals surface area contributed by atoms with Gasteiger partial charge in [-0.05, 0) is 24.5 Å². The Hall–Kier alpha value is -1.71. The van der Waals surface area contributed by atoms with E-state index in [1.165, 1.54) is 57.4 Å². The molecule has 0 bridgehead atoms. The highest BCUT2D eigenvalue weighted by atomic mass is 16.4. The molecular formula is C20H32O4. The fourth-order valence-corrected chi connectivity index (χ4v) is 3.09. The lowest BCUT2D eigenvalue weighted by Crippen LogP contribution is -2.03. The average Bonchev–Trinajstić information content (AvgIpc) is 2.51. The van der Waals surface area contributed by atoms with Gasteiger partial charge in [-0.3, -0.25) is 0 Å². The summed E-state index contributed by atoms with van der Waals surface area (Å²) in [6, 6.07) is 2.52. The maximum atomic E-state index is 11.2. The van der Waals surface area contributed by atoms with Crippen LogP contribution in [0.25, 0.3) is 0 Å². The van der Waals surface area contributed by atoms with Crippen LogP contribution in [0.4, 0.5) is 0 Å². The fraction of sp³-hybridized carbons (Fsp3) is 0.650. The second-order valence-corrected chi connectivity index (χ2v) is 6.59. The number of aryl methyl sites for hydroxylation is 1. The Bertz CT molecular complexity index is 497. The van der Waals surface area contributed by atoms with E-state index in [9.17, 15) is 20.1 Å². The Morgan fingerprint density at radius 1 is 0.833 bits per heavy atom. The number of aromatic hydroxyl groups is 2. The molecule has 4 nitrogen and oxygen atoms in total. The van der Waals surface area contributed by atoms with Crippen LogP contribution in [-0.2, 0) is 6.42 Å². The predicted octanol–water partition coefficient (Wildman–Crippen LogP) is 5.65. The maximum Gasteiger partial charge on any atom is 0.339 e. The molecule has 0 saturated carbocycles. The van der Waals surface area contributed by atoms with Crippen molar-refractivity contribution < 1.29 is 20.1 Å². The lowest BCUT2D eigenvalue weighted by Gasteiger charge is -2.09. The Balaban J connectivity index is 2.19. The highest BCUT2D eigenvalue weighted by Gasteiger charge is 2.16. The molecule has 0 radical (unpaired) electrons. The monoisotopic (exact) mass is 336 g/mol. The van der Waals surface area contributed by atoms with Crippen molar-refractivity contribution in [1.82, 2.24) is 0 Å². The lowest BCUT2D eigenvalue weighted by atomic mass is 9.99. The van der Waals surface area contributed by atoms with Crippen molar-refractivity contribution in [3.63, 3.8) is 0 Å². The number of carboxylic acids is 1. The fourth-order valence-electron chi connectivity index (χ4n) is 3.09. The molecule has 1 rings (SSSR count). The molecule has 0 amide bonds. The van der Waals surface area contributed by atoms with Crippen LogP contribution in [0.1, 0.15) is 93.5 Å². The number of carbonyl (C=O) groups is 1. The number of hydrogen-bond acceptors (Lipinski definition) is 3. The van der Waals surface area contributed by atoms with E-state index >= 15 is 0 Å². The zero-order chi connectivity index (χ0) is 17.8. The number of unbranched alkanes of at least 4 members (excludes halogenated alkanes) is 10. The SMILES string of the molecule is CCCCCCCCCCCCCc1cc(O)cc(O)c1C(=O)O. The van der Waals surface area contributed by atoms with Crippen LogP contribution in [0.3, 0.4) is 0 Å². The summed E-state index contributed by atoms with van der Waals surface area (Å²) in [5, 5.41) is 28.4. The van der Waals surface area contributed by atoms with Crippen molar-refractivity contribution in [2.24, 2.45) is 0 Å². The largest absolute Gasteiger partial charge is 0.508 e. The Labute approximate surface area is 145 Å². The first-order valence-electron chi connectivity index (χ1n) is 9.34. The normalized spacial score (nSPS) is 10.9. The second kappa shape index (κ2) is 11.8. The van der Waals surface area contributed by atoms with E-state index < -0.39 is 5.97 Å². The minimum absolute atomic E-state index is 0.0834. The van der Waals surface area contributed by atoms with Gasteiger partial charge in [-0.15, -0.1) is 0 Å². The number of hydrogen-bond donors (Lipinski definition) is 3. The molecule has 0 aliphatic carbocycles. The molecule has 3 N–H and O–H groups in total. The van der Waals surface area contributed by atoms with Gasteiger partial charge in [0.05, 0.1) is 0 Å². The summed E-state index contributed by atoms with van der Waals surface area (Å²) in [7, 11) is 0. The molecule has 1 aromatic rings. The molecule has 0 aliphatic rings. The van der Waals surface area contributed by atoms with Crippen molar-refractivity contribution in [1.29, 1.82) is 0 Å². The Morgan fingerprint density at radius 2 is 1.33 bits per heavy atom. The van der Waals surface area contributed by atoms with Crippen LogP contribution in [0.15, 0.2) is 12.1 Å². The van der Waals surface area contributed by atoms with Crippen molar-refractivity contribution in [2.75, 3.05) is 0 Å². The van der Waals surface area contributed by atoms with Crippen LogP contribution in [0.2, 0.25) is 0 Å². The predicted molar refractivity (Wildman–Crippen MR) is 96.9 cm³/mol. The molecule has 0 aliphatic heterocycles. The quantitative estimate of drug-likeness (QED) is 0.407. The van der Waals surface area contributed by atoms with Gasteiger partial charge < -0.3 is 15.3 Å². The Morgan fingerprint density at radius 3 is 1.83 bits per heavy atom. The van der Waals surface area contributed by atoms with Crippen LogP contribution in [-0.4, -0.2) is 21.3 Å². The van der Waals surface area contributed by atoms with E-state index in [0.717, 1.165) is 25.3 Å². The molecule has 0 saturated heterocycles. The smallest absolute Gasteiger partial charge is 0.339 e. The molecule has 0 heterocycles. The first-order valence-corrected chi connectivity index (χ1v) is 9.34. The number of phenols is 2. The van der Waals surface area contributed by atoms with Gasteiger partial charge in [-0.25, -0.2) is 4.79 Å². The molecule has 0 spiro atoms. The van der Waals surface area contributed by atoms with Crippen molar-refractivity contribution in [3.05, 3.63) is 23.3 Å². The lowest BCUT2D eigenvalue weighted by molar-refractivity contribution is 0.0692. The zero-order valence-electron chi connectivity index (χ0n) is 14.9. The summed E-state index contributed by atoms with van der Waals surface area (Å²) in [6.45, 7) is 2.23. The van der Waals surface area contributed by atoms with E-state index in [2.05, 4.69) is 6.92 Å². The van der Waals surface area contributed by atoms with Gasteiger partial charge in [0.2, 0.25) is 0 Å². The standard InChI is InChI=1S/C20H32O4/c1-2-3-4-5-6-7-8-9-10-11-12-13-16-14-17(21)15-18(22)19(16)20(23)24/h14-15,21-22H,2-13H2,1H3,(H,23,24). The minimum Gasteiger partial charge on any atom is -0.508 e. The third-order valence-electron chi connectivity index (χ3n) is 4.45. The van der Waals surface area contributed by atoms with Crippen LogP contribution in [0, 0.1) is 0 Å². The molecule has 4 heteroatoms. The van der Waals surface area contributed by atoms with Gasteiger partial charge in [0.15, 0.2) is 0 Å². The molecule has 1 aromatic carbocycles. The summed E-state index contributed by atoms with van der Waals surface area (Å²) in [6.07, 6.45) is 14.2. The van der Waals surface area contributed by atoms with Crippen molar-refractivity contribution in [2.45, 2.75) is 84.0 Å². The minimum atomic E-state index is -1.15. The van der Waals surface area contributed by atoms with Gasteiger partial charge in [0.1, 0.15) is 17.1 Å². The van der Waals surface area contributed by atoms with E-state index in [1.807, 2.05) is 0 Å². The topological polar surface area (TPSA) is 77.8 Å². The molecular weight excluding hydrogens is 304 g/mol. The van der Waals surface area contributed by atoms with Crippen LogP contribution in [0.5, 0.6) is 11.5 Å². The van der Waals surface area contributed by atoms with E-state index in [-0.39, 0.29) is 17.1 Å². The van der Waals surface area contributed by atoms with Gasteiger partial charge >= 0.3 is 5.97 Å². The van der Waals surface area contributed by atoms with Gasteiger partial charge in [0, 0.05) is 6.07 Å². The molecule has 24 heavy (non-hydrogen) atoms. The first-order chi connectivity index (χ1) is 11.6. The molecule has 0 aromatic heterocycles.